The monoisotopic (exact) mass is 216 g/mol. The minimum absolute atomic E-state index is 0.284. The van der Waals surface area contributed by atoms with Crippen LogP contribution in [0.3, 0.4) is 0 Å². The Morgan fingerprint density at radius 3 is 2.94 bits per heavy atom. The molecule has 1 aromatic carbocycles. The third kappa shape index (κ3) is 2.96. The Morgan fingerprint density at radius 1 is 1.31 bits per heavy atom. The normalized spacial score (nSPS) is 19.9. The Labute approximate surface area is 98.1 Å². The summed E-state index contributed by atoms with van der Waals surface area (Å²) in [6.45, 7) is 2.99. The first-order valence-electron chi connectivity index (χ1n) is 6.25. The molecule has 0 spiro atoms. The van der Waals surface area contributed by atoms with Gasteiger partial charge in [-0.05, 0) is 17.5 Å². The predicted octanol–water partition coefficient (Wildman–Crippen LogP) is 3.87. The van der Waals surface area contributed by atoms with Gasteiger partial charge in [-0.1, -0.05) is 56.2 Å². The second-order valence-electron chi connectivity index (χ2n) is 4.39. The van der Waals surface area contributed by atoms with Gasteiger partial charge in [0.15, 0.2) is 0 Å². The van der Waals surface area contributed by atoms with Gasteiger partial charge < -0.3 is 4.74 Å². The van der Waals surface area contributed by atoms with Gasteiger partial charge in [-0.3, -0.25) is 0 Å². The SMILES string of the molecule is CCCC/C=C\C1Cc2ccccc2CO1. The molecule has 1 heteroatoms. The molecule has 1 nitrogen and oxygen atoms in total. The Morgan fingerprint density at radius 2 is 2.12 bits per heavy atom. The molecule has 1 unspecified atom stereocenters. The van der Waals surface area contributed by atoms with Crippen LogP contribution in [-0.2, 0) is 17.8 Å². The third-order valence-corrected chi connectivity index (χ3v) is 3.07. The van der Waals surface area contributed by atoms with Crippen LogP contribution in [0, 0.1) is 0 Å². The predicted molar refractivity (Wildman–Crippen MR) is 67.4 cm³/mol. The van der Waals surface area contributed by atoms with Crippen LogP contribution in [0.2, 0.25) is 0 Å². The Hall–Kier alpha value is -1.08. The van der Waals surface area contributed by atoms with Gasteiger partial charge in [-0.15, -0.1) is 0 Å². The first kappa shape index (κ1) is 11.4. The summed E-state index contributed by atoms with van der Waals surface area (Å²) in [7, 11) is 0. The summed E-state index contributed by atoms with van der Waals surface area (Å²) in [5, 5.41) is 0. The smallest absolute Gasteiger partial charge is 0.0800 e. The van der Waals surface area contributed by atoms with E-state index in [0.29, 0.717) is 0 Å². The molecular weight excluding hydrogens is 196 g/mol. The largest absolute Gasteiger partial charge is 0.369 e. The molecule has 1 aliphatic heterocycles. The van der Waals surface area contributed by atoms with Gasteiger partial charge in [0.1, 0.15) is 0 Å². The first-order chi connectivity index (χ1) is 7.90. The summed E-state index contributed by atoms with van der Waals surface area (Å²) in [6.07, 6.45) is 9.52. The lowest BCUT2D eigenvalue weighted by Crippen LogP contribution is -2.19. The van der Waals surface area contributed by atoms with E-state index >= 15 is 0 Å². The maximum Gasteiger partial charge on any atom is 0.0800 e. The van der Waals surface area contributed by atoms with Crippen molar-refractivity contribution in [3.05, 3.63) is 47.5 Å². The standard InChI is InChI=1S/C15H20O/c1-2-3-4-5-10-15-11-13-8-6-7-9-14(13)12-16-15/h5-10,15H,2-4,11-12H2,1H3/b10-5-. The van der Waals surface area contributed by atoms with E-state index in [4.69, 9.17) is 4.74 Å². The van der Waals surface area contributed by atoms with Crippen molar-refractivity contribution in [1.82, 2.24) is 0 Å². The highest BCUT2D eigenvalue weighted by molar-refractivity contribution is 5.29. The van der Waals surface area contributed by atoms with Crippen LogP contribution in [0.5, 0.6) is 0 Å². The molecule has 16 heavy (non-hydrogen) atoms. The fourth-order valence-electron chi connectivity index (χ4n) is 2.06. The van der Waals surface area contributed by atoms with Crippen molar-refractivity contribution < 1.29 is 4.74 Å². The summed E-state index contributed by atoms with van der Waals surface area (Å²) in [6, 6.07) is 8.57. The van der Waals surface area contributed by atoms with Gasteiger partial charge in [0.2, 0.25) is 0 Å². The van der Waals surface area contributed by atoms with E-state index in [1.165, 1.54) is 30.4 Å². The van der Waals surface area contributed by atoms with Crippen molar-refractivity contribution >= 4 is 0 Å². The van der Waals surface area contributed by atoms with E-state index in [1.807, 2.05) is 0 Å². The lowest BCUT2D eigenvalue weighted by atomic mass is 9.99. The first-order valence-corrected chi connectivity index (χ1v) is 6.25. The van der Waals surface area contributed by atoms with Crippen LogP contribution in [-0.4, -0.2) is 6.10 Å². The quantitative estimate of drug-likeness (QED) is 0.548. The fraction of sp³-hybridized carbons (Fsp3) is 0.467. The average Bonchev–Trinajstić information content (AvgIpc) is 2.34. The number of hydrogen-bond acceptors (Lipinski definition) is 1. The summed E-state index contributed by atoms with van der Waals surface area (Å²) in [4.78, 5) is 0. The van der Waals surface area contributed by atoms with Gasteiger partial charge in [0.05, 0.1) is 12.7 Å². The van der Waals surface area contributed by atoms with Gasteiger partial charge in [-0.25, -0.2) is 0 Å². The molecular formula is C15H20O. The number of benzene rings is 1. The van der Waals surface area contributed by atoms with Gasteiger partial charge in [0, 0.05) is 6.42 Å². The van der Waals surface area contributed by atoms with Gasteiger partial charge in [0.25, 0.3) is 0 Å². The molecule has 0 saturated heterocycles. The summed E-state index contributed by atoms with van der Waals surface area (Å²) < 4.78 is 5.80. The van der Waals surface area contributed by atoms with Crippen LogP contribution in [0.25, 0.3) is 0 Å². The van der Waals surface area contributed by atoms with Crippen LogP contribution in [0.1, 0.15) is 37.3 Å². The van der Waals surface area contributed by atoms with Gasteiger partial charge >= 0.3 is 0 Å². The molecule has 0 fully saturated rings. The number of rotatable bonds is 4. The second-order valence-corrected chi connectivity index (χ2v) is 4.39. The molecule has 1 aliphatic rings. The average molecular weight is 216 g/mol. The van der Waals surface area contributed by atoms with Crippen LogP contribution in [0.15, 0.2) is 36.4 Å². The summed E-state index contributed by atoms with van der Waals surface area (Å²) >= 11 is 0. The van der Waals surface area contributed by atoms with E-state index in [2.05, 4.69) is 43.3 Å². The molecule has 0 bridgehead atoms. The molecule has 1 atom stereocenters. The zero-order valence-electron chi connectivity index (χ0n) is 9.99. The highest BCUT2D eigenvalue weighted by Crippen LogP contribution is 2.20. The minimum atomic E-state index is 0.284. The highest BCUT2D eigenvalue weighted by atomic mass is 16.5. The number of unbranched alkanes of at least 4 members (excludes halogenated alkanes) is 2. The lowest BCUT2D eigenvalue weighted by Gasteiger charge is -2.22. The third-order valence-electron chi connectivity index (χ3n) is 3.07. The van der Waals surface area contributed by atoms with E-state index < -0.39 is 0 Å². The Balaban J connectivity index is 1.90. The van der Waals surface area contributed by atoms with Crippen molar-refractivity contribution in [1.29, 1.82) is 0 Å². The number of hydrogen-bond donors (Lipinski definition) is 0. The zero-order chi connectivity index (χ0) is 11.2. The molecule has 0 amide bonds. The number of fused-ring (bicyclic) bond motifs is 1. The fourth-order valence-corrected chi connectivity index (χ4v) is 2.06. The maximum absolute atomic E-state index is 5.80. The summed E-state index contributed by atoms with van der Waals surface area (Å²) in [5.41, 5.74) is 2.79. The highest BCUT2D eigenvalue weighted by Gasteiger charge is 2.15. The molecule has 1 heterocycles. The van der Waals surface area contributed by atoms with Crippen LogP contribution >= 0.6 is 0 Å². The second kappa shape index (κ2) is 5.86. The van der Waals surface area contributed by atoms with E-state index in [-0.39, 0.29) is 6.10 Å². The molecule has 2 rings (SSSR count). The lowest BCUT2D eigenvalue weighted by molar-refractivity contribution is 0.0594. The van der Waals surface area contributed by atoms with E-state index in [0.717, 1.165) is 13.0 Å². The van der Waals surface area contributed by atoms with Crippen molar-refractivity contribution in [3.63, 3.8) is 0 Å². The van der Waals surface area contributed by atoms with Gasteiger partial charge in [-0.2, -0.15) is 0 Å². The van der Waals surface area contributed by atoms with Crippen molar-refractivity contribution in [3.8, 4) is 0 Å². The van der Waals surface area contributed by atoms with Crippen LogP contribution in [0.4, 0.5) is 0 Å². The molecule has 1 aromatic rings. The zero-order valence-corrected chi connectivity index (χ0v) is 9.99. The van der Waals surface area contributed by atoms with Crippen molar-refractivity contribution in [2.75, 3.05) is 0 Å². The Kier molecular flexibility index (Phi) is 4.17. The molecule has 0 saturated carbocycles. The molecule has 0 radical (unpaired) electrons. The molecule has 0 aromatic heterocycles. The topological polar surface area (TPSA) is 9.23 Å². The van der Waals surface area contributed by atoms with E-state index in [9.17, 15) is 0 Å². The van der Waals surface area contributed by atoms with Crippen LogP contribution < -0.4 is 0 Å². The molecule has 0 N–H and O–H groups in total. The molecule has 86 valence electrons. The summed E-state index contributed by atoms with van der Waals surface area (Å²) in [5.74, 6) is 0. The van der Waals surface area contributed by atoms with Crippen molar-refractivity contribution in [2.24, 2.45) is 0 Å². The van der Waals surface area contributed by atoms with Crippen molar-refractivity contribution in [2.45, 2.75) is 45.3 Å². The maximum atomic E-state index is 5.80. The molecule has 0 aliphatic carbocycles. The minimum Gasteiger partial charge on any atom is -0.369 e. The number of ether oxygens (including phenoxy) is 1. The Bertz CT molecular complexity index is 354. The van der Waals surface area contributed by atoms with E-state index in [1.54, 1.807) is 0 Å². The number of allylic oxidation sites excluding steroid dienone is 1.